The number of ketones is 1. The van der Waals surface area contributed by atoms with E-state index in [2.05, 4.69) is 39.7 Å². The van der Waals surface area contributed by atoms with Crippen LogP contribution >= 0.6 is 0 Å². The molecule has 0 spiro atoms. The van der Waals surface area contributed by atoms with Gasteiger partial charge in [0.2, 0.25) is 0 Å². The average molecular weight is 411 g/mol. The molecule has 2 heterocycles. The molecule has 0 amide bonds. The molecule has 0 aliphatic carbocycles. The lowest BCUT2D eigenvalue weighted by atomic mass is 10.0. The summed E-state index contributed by atoms with van der Waals surface area (Å²) >= 11 is 0. The van der Waals surface area contributed by atoms with Crippen LogP contribution in [0.2, 0.25) is 0 Å². The molecule has 156 valence electrons. The number of Topliss-reactive ketones (excluding diaryl/α,β-unsaturated/α-hetero) is 1. The number of benzene rings is 2. The van der Waals surface area contributed by atoms with Crippen molar-refractivity contribution in [3.8, 4) is 11.1 Å². The van der Waals surface area contributed by atoms with Gasteiger partial charge in [-0.2, -0.15) is 0 Å². The molecular weight excluding hydrogens is 384 g/mol. The first-order valence-electron chi connectivity index (χ1n) is 10.6. The molecule has 0 atom stereocenters. The highest BCUT2D eigenvalue weighted by Crippen LogP contribution is 2.33. The SMILES string of the molecule is CCCCNc1ccc(-c2ccc3ncc(C(C)=O)c(Nc4ccccc4)c3c2)cn1. The van der Waals surface area contributed by atoms with Crippen molar-refractivity contribution in [3.63, 3.8) is 0 Å². The Morgan fingerprint density at radius 3 is 2.45 bits per heavy atom. The maximum atomic E-state index is 12.3. The van der Waals surface area contributed by atoms with Gasteiger partial charge in [-0.3, -0.25) is 9.78 Å². The van der Waals surface area contributed by atoms with Crippen LogP contribution in [0.25, 0.3) is 22.0 Å². The third-order valence-electron chi connectivity index (χ3n) is 5.22. The summed E-state index contributed by atoms with van der Waals surface area (Å²) in [7, 11) is 0. The van der Waals surface area contributed by atoms with Crippen LogP contribution in [0, 0.1) is 0 Å². The summed E-state index contributed by atoms with van der Waals surface area (Å²) < 4.78 is 0. The number of aromatic nitrogens is 2. The molecule has 2 N–H and O–H groups in total. The highest BCUT2D eigenvalue weighted by Gasteiger charge is 2.14. The summed E-state index contributed by atoms with van der Waals surface area (Å²) in [5, 5.41) is 7.67. The van der Waals surface area contributed by atoms with Gasteiger partial charge in [0.15, 0.2) is 5.78 Å². The Morgan fingerprint density at radius 2 is 1.74 bits per heavy atom. The fraction of sp³-hybridized carbons (Fsp3) is 0.192. The first-order chi connectivity index (χ1) is 15.2. The minimum Gasteiger partial charge on any atom is -0.370 e. The van der Waals surface area contributed by atoms with E-state index in [9.17, 15) is 4.79 Å². The quantitative estimate of drug-likeness (QED) is 0.258. The summed E-state index contributed by atoms with van der Waals surface area (Å²) in [6, 6.07) is 20.0. The van der Waals surface area contributed by atoms with Gasteiger partial charge in [-0.15, -0.1) is 0 Å². The zero-order valence-corrected chi connectivity index (χ0v) is 17.9. The highest BCUT2D eigenvalue weighted by atomic mass is 16.1. The fourth-order valence-corrected chi connectivity index (χ4v) is 3.50. The third kappa shape index (κ3) is 4.72. The Bertz CT molecular complexity index is 1190. The van der Waals surface area contributed by atoms with E-state index < -0.39 is 0 Å². The van der Waals surface area contributed by atoms with Crippen molar-refractivity contribution in [2.45, 2.75) is 26.7 Å². The minimum atomic E-state index is -0.0255. The number of nitrogens with zero attached hydrogens (tertiary/aromatic N) is 2. The Hall–Kier alpha value is -3.73. The van der Waals surface area contributed by atoms with E-state index in [4.69, 9.17) is 0 Å². The minimum absolute atomic E-state index is 0.0255. The maximum absolute atomic E-state index is 12.3. The largest absolute Gasteiger partial charge is 0.370 e. The topological polar surface area (TPSA) is 66.9 Å². The van der Waals surface area contributed by atoms with Gasteiger partial charge >= 0.3 is 0 Å². The van der Waals surface area contributed by atoms with Crippen LogP contribution in [0.1, 0.15) is 37.0 Å². The van der Waals surface area contributed by atoms with Gasteiger partial charge in [0.25, 0.3) is 0 Å². The number of nitrogens with one attached hydrogen (secondary N) is 2. The van der Waals surface area contributed by atoms with E-state index in [1.165, 1.54) is 0 Å². The second-order valence-electron chi connectivity index (χ2n) is 7.54. The molecule has 0 saturated carbocycles. The molecule has 2 aromatic carbocycles. The van der Waals surface area contributed by atoms with Crippen LogP contribution in [-0.4, -0.2) is 22.3 Å². The first-order valence-corrected chi connectivity index (χ1v) is 10.6. The van der Waals surface area contributed by atoms with Crippen molar-refractivity contribution in [1.29, 1.82) is 0 Å². The lowest BCUT2D eigenvalue weighted by molar-refractivity contribution is 0.101. The van der Waals surface area contributed by atoms with Gasteiger partial charge in [-0.25, -0.2) is 4.98 Å². The number of carbonyl (C=O) groups is 1. The van der Waals surface area contributed by atoms with Crippen molar-refractivity contribution in [1.82, 2.24) is 9.97 Å². The van der Waals surface area contributed by atoms with Crippen LogP contribution < -0.4 is 10.6 Å². The molecule has 0 unspecified atom stereocenters. The highest BCUT2D eigenvalue weighted by molar-refractivity contribution is 6.08. The smallest absolute Gasteiger partial charge is 0.163 e. The van der Waals surface area contributed by atoms with Gasteiger partial charge in [0, 0.05) is 35.6 Å². The number of rotatable bonds is 8. The molecule has 0 fully saturated rings. The van der Waals surface area contributed by atoms with E-state index in [0.29, 0.717) is 5.56 Å². The molecular formula is C26H26N4O. The molecule has 0 aliphatic heterocycles. The predicted molar refractivity (Wildman–Crippen MR) is 128 cm³/mol. The number of unbranched alkanes of at least 4 members (excludes halogenated alkanes) is 1. The second-order valence-corrected chi connectivity index (χ2v) is 7.54. The number of anilines is 3. The van der Waals surface area contributed by atoms with Crippen LogP contribution in [0.3, 0.4) is 0 Å². The number of pyridine rings is 2. The van der Waals surface area contributed by atoms with E-state index in [-0.39, 0.29) is 5.78 Å². The number of hydrogen-bond acceptors (Lipinski definition) is 5. The molecule has 2 aromatic heterocycles. The van der Waals surface area contributed by atoms with Crippen LogP contribution in [0.15, 0.2) is 73.1 Å². The number of para-hydroxylation sites is 1. The average Bonchev–Trinajstić information content (AvgIpc) is 2.80. The van der Waals surface area contributed by atoms with Crippen molar-refractivity contribution in [2.75, 3.05) is 17.2 Å². The van der Waals surface area contributed by atoms with Crippen molar-refractivity contribution >= 4 is 33.9 Å². The summed E-state index contributed by atoms with van der Waals surface area (Å²) in [4.78, 5) is 21.4. The van der Waals surface area contributed by atoms with Crippen LogP contribution in [-0.2, 0) is 0 Å². The molecule has 0 aliphatic rings. The van der Waals surface area contributed by atoms with Crippen molar-refractivity contribution < 1.29 is 4.79 Å². The zero-order valence-electron chi connectivity index (χ0n) is 17.9. The van der Waals surface area contributed by atoms with E-state index in [1.54, 1.807) is 13.1 Å². The van der Waals surface area contributed by atoms with Gasteiger partial charge in [-0.1, -0.05) is 37.6 Å². The first kappa shape index (κ1) is 20.5. The van der Waals surface area contributed by atoms with Crippen molar-refractivity contribution in [3.05, 3.63) is 78.6 Å². The van der Waals surface area contributed by atoms with E-state index >= 15 is 0 Å². The Balaban J connectivity index is 1.73. The fourth-order valence-electron chi connectivity index (χ4n) is 3.50. The number of fused-ring (bicyclic) bond motifs is 1. The zero-order chi connectivity index (χ0) is 21.6. The molecule has 5 nitrogen and oxygen atoms in total. The van der Waals surface area contributed by atoms with Crippen molar-refractivity contribution in [2.24, 2.45) is 0 Å². The summed E-state index contributed by atoms with van der Waals surface area (Å²) in [6.45, 7) is 4.66. The van der Waals surface area contributed by atoms with Gasteiger partial charge in [0.1, 0.15) is 5.82 Å². The third-order valence-corrected chi connectivity index (χ3v) is 5.22. The van der Waals surface area contributed by atoms with Gasteiger partial charge in [0.05, 0.1) is 16.8 Å². The molecule has 0 radical (unpaired) electrons. The molecule has 31 heavy (non-hydrogen) atoms. The monoisotopic (exact) mass is 410 g/mol. The Morgan fingerprint density at radius 1 is 0.935 bits per heavy atom. The Kier molecular flexibility index (Phi) is 6.22. The van der Waals surface area contributed by atoms with Crippen LogP contribution in [0.5, 0.6) is 0 Å². The molecule has 4 rings (SSSR count). The Labute approximate surface area is 182 Å². The summed E-state index contributed by atoms with van der Waals surface area (Å²) in [5.41, 5.74) is 5.14. The number of carbonyl (C=O) groups excluding carboxylic acids is 1. The van der Waals surface area contributed by atoms with Gasteiger partial charge in [-0.05, 0) is 55.3 Å². The summed E-state index contributed by atoms with van der Waals surface area (Å²) in [6.07, 6.45) is 5.80. The van der Waals surface area contributed by atoms with Crippen LogP contribution in [0.4, 0.5) is 17.2 Å². The predicted octanol–water partition coefficient (Wildman–Crippen LogP) is 6.46. The molecule has 5 heteroatoms. The molecule has 0 bridgehead atoms. The molecule has 4 aromatic rings. The summed E-state index contributed by atoms with van der Waals surface area (Å²) in [5.74, 6) is 0.854. The number of hydrogen-bond donors (Lipinski definition) is 2. The lowest BCUT2D eigenvalue weighted by Crippen LogP contribution is -2.03. The maximum Gasteiger partial charge on any atom is 0.163 e. The van der Waals surface area contributed by atoms with E-state index in [1.807, 2.05) is 54.7 Å². The normalized spacial score (nSPS) is 10.8. The molecule has 0 saturated heterocycles. The standard InChI is InChI=1S/C26H26N4O/c1-3-4-14-27-25-13-11-20(16-29-25)19-10-12-24-22(15-19)26(23(17-28-24)18(2)31)30-21-8-6-5-7-9-21/h5-13,15-17H,3-4,14H2,1-2H3,(H,27,29)(H,28,30). The lowest BCUT2D eigenvalue weighted by Gasteiger charge is -2.14. The van der Waals surface area contributed by atoms with Gasteiger partial charge < -0.3 is 10.6 Å². The second kappa shape index (κ2) is 9.39. The van der Waals surface area contributed by atoms with E-state index in [0.717, 1.165) is 58.6 Å².